The van der Waals surface area contributed by atoms with E-state index in [0.29, 0.717) is 38.0 Å². The van der Waals surface area contributed by atoms with Crippen molar-refractivity contribution in [2.45, 2.75) is 129 Å². The number of hydrogen-bond acceptors (Lipinski definition) is 23. The summed E-state index contributed by atoms with van der Waals surface area (Å²) in [5.74, 6) is -6.43. The highest BCUT2D eigenvalue weighted by molar-refractivity contribution is 7.98. The molecule has 0 aromatic heterocycles. The normalized spacial score (nSPS) is 14.5. The topological polar surface area (TPSA) is 402 Å². The molecule has 1 saturated heterocycles. The van der Waals surface area contributed by atoms with Gasteiger partial charge in [0, 0.05) is 94.4 Å². The summed E-state index contributed by atoms with van der Waals surface area (Å²) in [7, 11) is 0. The SMILES string of the molecule is CSC[C@H](NC(=O)CCC(=O)[C@H](CC(C)C)NC(=O)[C@@H]1CCCN1C(=O)COCCCC(=O)[C@H](Cc1ccc(C(C)=O)cc1)NC(=O)COCCOCCN)C(=O)C[C@@H](C)C(=O)NCC(=O)CCCOCCOCC(=O)NCCOCCOCC(=O)C[C@H](CS)C(N)=O. The van der Waals surface area contributed by atoms with E-state index in [1.807, 2.05) is 13.8 Å². The van der Waals surface area contributed by atoms with Crippen molar-refractivity contribution in [1.29, 1.82) is 0 Å². The van der Waals surface area contributed by atoms with E-state index in [9.17, 15) is 62.3 Å². The number of thioether (sulfide) groups is 1. The van der Waals surface area contributed by atoms with E-state index in [2.05, 4.69) is 39.2 Å². The van der Waals surface area contributed by atoms with Gasteiger partial charge in [-0.2, -0.15) is 24.4 Å². The average molecular weight is 1350 g/mol. The molecule has 1 fully saturated rings. The van der Waals surface area contributed by atoms with Crippen LogP contribution in [0.4, 0.5) is 0 Å². The molecule has 1 heterocycles. The Kier molecular flexibility index (Phi) is 44.1. The van der Waals surface area contributed by atoms with E-state index in [-0.39, 0.29) is 210 Å². The van der Waals surface area contributed by atoms with Gasteiger partial charge in [0.1, 0.15) is 32.5 Å². The number of ketones is 6. The van der Waals surface area contributed by atoms with Crippen molar-refractivity contribution in [3.63, 3.8) is 0 Å². The maximum absolute atomic E-state index is 13.8. The Bertz CT molecular complexity index is 2530. The first-order valence-electron chi connectivity index (χ1n) is 31.6. The summed E-state index contributed by atoms with van der Waals surface area (Å²) in [5, 5.41) is 13.4. The van der Waals surface area contributed by atoms with Crippen molar-refractivity contribution >= 4 is 100 Å². The lowest BCUT2D eigenvalue weighted by Gasteiger charge is -2.27. The van der Waals surface area contributed by atoms with Crippen LogP contribution in [0.2, 0.25) is 0 Å². The van der Waals surface area contributed by atoms with E-state index in [1.165, 1.54) is 30.5 Å². The zero-order chi connectivity index (χ0) is 68.9. The highest BCUT2D eigenvalue weighted by atomic mass is 32.2. The number of likely N-dealkylation sites (tertiary alicyclic amines) is 1. The van der Waals surface area contributed by atoms with Crippen LogP contribution in [-0.4, -0.2) is 242 Å². The predicted molar refractivity (Wildman–Crippen MR) is 347 cm³/mol. The highest BCUT2D eigenvalue weighted by Crippen LogP contribution is 2.20. The molecule has 30 heteroatoms. The van der Waals surface area contributed by atoms with E-state index in [1.54, 1.807) is 30.5 Å². The van der Waals surface area contributed by atoms with Gasteiger partial charge in [-0.1, -0.05) is 45.0 Å². The summed E-state index contributed by atoms with van der Waals surface area (Å²) in [4.78, 5) is 168. The summed E-state index contributed by atoms with van der Waals surface area (Å²) in [6.07, 6.45) is 2.93. The largest absolute Gasteiger partial charge is 0.379 e. The Morgan fingerprint density at radius 1 is 0.624 bits per heavy atom. The number of primary amides is 1. The molecule has 0 spiro atoms. The van der Waals surface area contributed by atoms with Gasteiger partial charge in [-0.15, -0.1) is 0 Å². The fourth-order valence-corrected chi connectivity index (χ4v) is 10.2. The highest BCUT2D eigenvalue weighted by Gasteiger charge is 2.36. The average Bonchev–Trinajstić information content (AvgIpc) is 3.10. The standard InChI is InChI=1S/C63H100N8O20S2/c1-42(2)31-50(70-63(84)53-10-6-20-71(53)60(81)39-88-22-8-11-54(75)51(33-45-12-14-46(15-13-45)44(4)72)68-59(80)38-91-30-26-86-23-18-64)55(76)16-17-57(78)69-52(41-93-5)56(77)32-43(3)62(83)67-35-48(73)9-7-21-85-25-29-90-37-58(79)66-19-24-87-27-28-89-36-49(74)34-47(40-92)61(65)82/h12-15,42-43,47,50-53,92H,6-11,16-41,64H2,1-5H3,(H2,65,82)(H,66,79)(H,67,83)(H,68,80)(H,69,78)(H,70,84)/t43-,47-,50+,51+,52+,53+/m1/s1. The number of rotatable bonds is 56. The molecule has 524 valence electrons. The van der Waals surface area contributed by atoms with Gasteiger partial charge in [0.2, 0.25) is 41.4 Å². The number of amides is 7. The first-order valence-corrected chi connectivity index (χ1v) is 33.6. The van der Waals surface area contributed by atoms with E-state index >= 15 is 0 Å². The summed E-state index contributed by atoms with van der Waals surface area (Å²) in [6, 6.07) is 3.00. The summed E-state index contributed by atoms with van der Waals surface area (Å²) in [5.41, 5.74) is 11.9. The number of nitrogens with zero attached hydrogens (tertiary/aromatic N) is 1. The Morgan fingerprint density at radius 3 is 1.85 bits per heavy atom. The fraction of sp³-hybridized carbons (Fsp3) is 0.698. The molecule has 6 atom stereocenters. The Morgan fingerprint density at radius 2 is 1.22 bits per heavy atom. The maximum Gasteiger partial charge on any atom is 0.249 e. The van der Waals surface area contributed by atoms with Crippen LogP contribution in [-0.2, 0) is 97.1 Å². The van der Waals surface area contributed by atoms with Gasteiger partial charge in [-0.05, 0) is 63.2 Å². The molecule has 0 aliphatic carbocycles. The van der Waals surface area contributed by atoms with E-state index < -0.39 is 83.0 Å². The second-order valence-electron chi connectivity index (χ2n) is 22.8. The minimum absolute atomic E-state index is 0.00783. The van der Waals surface area contributed by atoms with Gasteiger partial charge in [-0.25, -0.2) is 0 Å². The second-order valence-corrected chi connectivity index (χ2v) is 24.0. The number of carbonyl (C=O) groups excluding carboxylic acids is 13. The number of nitrogens with one attached hydrogen (secondary N) is 5. The molecule has 1 aliphatic heterocycles. The predicted octanol–water partition coefficient (Wildman–Crippen LogP) is 0.227. The van der Waals surface area contributed by atoms with Crippen molar-refractivity contribution in [3.05, 3.63) is 35.4 Å². The van der Waals surface area contributed by atoms with Gasteiger partial charge in [0.25, 0.3) is 0 Å². The molecule has 1 aromatic carbocycles. The summed E-state index contributed by atoms with van der Waals surface area (Å²) in [6.45, 7) is 8.13. The lowest BCUT2D eigenvalue weighted by atomic mass is 9.96. The molecule has 2 rings (SSSR count). The number of ether oxygens (including phenoxy) is 7. The molecular formula is C63H100N8O20S2. The monoisotopic (exact) mass is 1350 g/mol. The number of nitrogens with two attached hydrogens (primary N) is 2. The molecule has 0 saturated carbocycles. The first-order chi connectivity index (χ1) is 44.5. The number of benzene rings is 1. The van der Waals surface area contributed by atoms with Crippen LogP contribution >= 0.6 is 24.4 Å². The van der Waals surface area contributed by atoms with Crippen LogP contribution in [0, 0.1) is 17.8 Å². The third-order valence-electron chi connectivity index (χ3n) is 14.3. The first kappa shape index (κ1) is 83.0. The zero-order valence-corrected chi connectivity index (χ0v) is 56.3. The minimum atomic E-state index is -0.971. The molecule has 9 N–H and O–H groups in total. The Balaban J connectivity index is 1.72. The Labute approximate surface area is 555 Å². The third kappa shape index (κ3) is 37.6. The van der Waals surface area contributed by atoms with Crippen LogP contribution in [0.25, 0.3) is 0 Å². The molecule has 93 heavy (non-hydrogen) atoms. The molecule has 7 amide bonds. The van der Waals surface area contributed by atoms with Crippen molar-refractivity contribution in [3.8, 4) is 0 Å². The van der Waals surface area contributed by atoms with Crippen molar-refractivity contribution in [1.82, 2.24) is 31.5 Å². The van der Waals surface area contributed by atoms with Crippen molar-refractivity contribution < 1.29 is 95.5 Å². The van der Waals surface area contributed by atoms with Crippen LogP contribution in [0.1, 0.15) is 114 Å². The van der Waals surface area contributed by atoms with E-state index in [4.69, 9.17) is 44.6 Å². The molecule has 0 unspecified atom stereocenters. The molecule has 1 aliphatic rings. The van der Waals surface area contributed by atoms with Gasteiger partial charge < -0.3 is 76.1 Å². The quantitative estimate of drug-likeness (QED) is 0.0246. The van der Waals surface area contributed by atoms with Crippen molar-refractivity contribution in [2.24, 2.45) is 29.2 Å². The molecule has 1 aromatic rings. The van der Waals surface area contributed by atoms with Gasteiger partial charge in [0.05, 0.1) is 83.4 Å². The number of hydrogen-bond donors (Lipinski definition) is 8. The Hall–Kier alpha value is -6.09. The van der Waals surface area contributed by atoms with Crippen LogP contribution in [0.3, 0.4) is 0 Å². The van der Waals surface area contributed by atoms with Gasteiger partial charge >= 0.3 is 0 Å². The minimum Gasteiger partial charge on any atom is -0.379 e. The summed E-state index contributed by atoms with van der Waals surface area (Å²) >= 11 is 5.31. The molecule has 28 nitrogen and oxygen atoms in total. The second kappa shape index (κ2) is 49.5. The smallest absolute Gasteiger partial charge is 0.249 e. The van der Waals surface area contributed by atoms with Crippen molar-refractivity contribution in [2.75, 3.05) is 136 Å². The molecule has 0 radical (unpaired) electrons. The molecule has 0 bridgehead atoms. The van der Waals surface area contributed by atoms with Gasteiger partial charge in [-0.3, -0.25) is 62.3 Å². The lowest BCUT2D eigenvalue weighted by Crippen LogP contribution is -2.52. The van der Waals surface area contributed by atoms with Crippen LogP contribution < -0.4 is 38.1 Å². The number of Topliss-reactive ketones (excluding diaryl/α,β-unsaturated/α-hetero) is 6. The van der Waals surface area contributed by atoms with Crippen LogP contribution in [0.5, 0.6) is 0 Å². The maximum atomic E-state index is 13.8. The van der Waals surface area contributed by atoms with E-state index in [0.717, 1.165) is 5.56 Å². The number of carbonyl (C=O) groups is 13. The van der Waals surface area contributed by atoms with Gasteiger partial charge in [0.15, 0.2) is 34.7 Å². The molecular weight excluding hydrogens is 1250 g/mol. The number of thiol groups is 1. The third-order valence-corrected chi connectivity index (χ3v) is 15.4. The van der Waals surface area contributed by atoms with Crippen LogP contribution in [0.15, 0.2) is 24.3 Å². The summed E-state index contributed by atoms with van der Waals surface area (Å²) < 4.78 is 37.7. The lowest BCUT2D eigenvalue weighted by molar-refractivity contribution is -0.142. The fourth-order valence-electron chi connectivity index (χ4n) is 9.28. The zero-order valence-electron chi connectivity index (χ0n) is 54.6.